The van der Waals surface area contributed by atoms with Crippen LogP contribution < -0.4 is 0 Å². The highest BCUT2D eigenvalue weighted by Crippen LogP contribution is 2.32. The summed E-state index contributed by atoms with van der Waals surface area (Å²) in [7, 11) is 3.19. The molecule has 3 rings (SSSR count). The molecular weight excluding hydrogens is 342 g/mol. The molecule has 0 bridgehead atoms. The second kappa shape index (κ2) is 7.21. The van der Waals surface area contributed by atoms with Gasteiger partial charge in [0.1, 0.15) is 5.52 Å². The average molecular weight is 360 g/mol. The van der Waals surface area contributed by atoms with Crippen molar-refractivity contribution < 1.29 is 14.6 Å². The highest BCUT2D eigenvalue weighted by molar-refractivity contribution is 6.31. The predicted octanol–water partition coefficient (Wildman–Crippen LogP) is 2.81. The maximum atomic E-state index is 11.9. The van der Waals surface area contributed by atoms with Crippen LogP contribution in [0.5, 0.6) is 0 Å². The van der Waals surface area contributed by atoms with Crippen LogP contribution >= 0.6 is 11.6 Å². The number of esters is 1. The molecule has 0 saturated heterocycles. The van der Waals surface area contributed by atoms with E-state index in [1.807, 2.05) is 37.4 Å². The van der Waals surface area contributed by atoms with Gasteiger partial charge in [-0.3, -0.25) is 4.79 Å². The fourth-order valence-electron chi connectivity index (χ4n) is 2.89. The van der Waals surface area contributed by atoms with E-state index in [4.69, 9.17) is 16.3 Å². The fourth-order valence-corrected chi connectivity index (χ4v) is 3.06. The van der Waals surface area contributed by atoms with Gasteiger partial charge in [-0.1, -0.05) is 35.0 Å². The number of aromatic nitrogens is 3. The lowest BCUT2D eigenvalue weighted by Crippen LogP contribution is -2.10. The summed E-state index contributed by atoms with van der Waals surface area (Å²) in [5.74, 6) is -0.550. The van der Waals surface area contributed by atoms with Crippen molar-refractivity contribution in [2.45, 2.75) is 18.9 Å². The summed E-state index contributed by atoms with van der Waals surface area (Å²) in [5.41, 5.74) is 4.08. The number of hydrogen-bond acceptors (Lipinski definition) is 5. The fraction of sp³-hybridized carbons (Fsp3) is 0.278. The van der Waals surface area contributed by atoms with Crippen LogP contribution in [-0.4, -0.2) is 33.2 Å². The molecule has 0 aliphatic rings. The van der Waals surface area contributed by atoms with Gasteiger partial charge in [0, 0.05) is 18.0 Å². The summed E-state index contributed by atoms with van der Waals surface area (Å²) >= 11 is 6.09. The molecule has 0 aliphatic carbocycles. The number of ether oxygens (including phenoxy) is 1. The van der Waals surface area contributed by atoms with Crippen molar-refractivity contribution in [3.63, 3.8) is 0 Å². The van der Waals surface area contributed by atoms with Gasteiger partial charge >= 0.3 is 5.97 Å². The van der Waals surface area contributed by atoms with Crippen LogP contribution in [-0.2, 0) is 23.2 Å². The predicted molar refractivity (Wildman–Crippen MR) is 94.4 cm³/mol. The molecular formula is C18H18ClN3O3. The van der Waals surface area contributed by atoms with E-state index in [1.165, 1.54) is 7.11 Å². The highest BCUT2D eigenvalue weighted by Gasteiger charge is 2.21. The second-order valence-corrected chi connectivity index (χ2v) is 6.21. The van der Waals surface area contributed by atoms with Crippen molar-refractivity contribution in [1.29, 1.82) is 0 Å². The Hall–Kier alpha value is -2.44. The summed E-state index contributed by atoms with van der Waals surface area (Å²) in [5, 5.41) is 18.1. The molecule has 25 heavy (non-hydrogen) atoms. The third-order valence-electron chi connectivity index (χ3n) is 4.28. The molecule has 1 unspecified atom stereocenters. The van der Waals surface area contributed by atoms with Crippen molar-refractivity contribution >= 4 is 28.6 Å². The molecule has 1 atom stereocenters. The van der Waals surface area contributed by atoms with E-state index in [1.54, 1.807) is 10.7 Å². The lowest BCUT2D eigenvalue weighted by Gasteiger charge is -2.18. The number of aryl methyl sites for hydroxylation is 1. The molecule has 0 spiro atoms. The van der Waals surface area contributed by atoms with Crippen LogP contribution in [0.2, 0.25) is 5.02 Å². The summed E-state index contributed by atoms with van der Waals surface area (Å²) < 4.78 is 6.54. The largest absolute Gasteiger partial charge is 0.469 e. The Morgan fingerprint density at radius 3 is 2.72 bits per heavy atom. The molecule has 0 aliphatic heterocycles. The first-order valence-corrected chi connectivity index (χ1v) is 8.16. The molecule has 0 amide bonds. The first kappa shape index (κ1) is 17.4. The van der Waals surface area contributed by atoms with Gasteiger partial charge in [-0.25, -0.2) is 4.68 Å². The zero-order chi connectivity index (χ0) is 18.0. The van der Waals surface area contributed by atoms with Gasteiger partial charge < -0.3 is 9.84 Å². The molecule has 0 radical (unpaired) electrons. The number of aliphatic hydroxyl groups excluding tert-OH is 1. The number of halogens is 1. The maximum Gasteiger partial charge on any atom is 0.306 e. The standard InChI is InChI=1S/C18H18ClN3O3/c1-22-17-6-4-12(8-16(17)20-21-22)14(9-18(24)25-2)11-3-5-15(19)13(7-11)10-23/h3-8,14,23H,9-10H2,1-2H3. The molecule has 7 heteroatoms. The molecule has 130 valence electrons. The molecule has 2 aromatic carbocycles. The summed E-state index contributed by atoms with van der Waals surface area (Å²) in [6, 6.07) is 11.2. The van der Waals surface area contributed by atoms with Crippen LogP contribution in [0.1, 0.15) is 29.0 Å². The van der Waals surface area contributed by atoms with Crippen LogP contribution in [0.25, 0.3) is 11.0 Å². The van der Waals surface area contributed by atoms with Gasteiger partial charge in [0.05, 0.1) is 25.7 Å². The number of benzene rings is 2. The Balaban J connectivity index is 2.08. The van der Waals surface area contributed by atoms with Crippen LogP contribution in [0, 0.1) is 0 Å². The Kier molecular flexibility index (Phi) is 5.01. The van der Waals surface area contributed by atoms with E-state index in [2.05, 4.69) is 10.3 Å². The topological polar surface area (TPSA) is 77.2 Å². The maximum absolute atomic E-state index is 11.9. The van der Waals surface area contributed by atoms with E-state index < -0.39 is 0 Å². The Morgan fingerprint density at radius 2 is 2.00 bits per heavy atom. The number of methoxy groups -OCH3 is 1. The molecule has 6 nitrogen and oxygen atoms in total. The number of hydrogen-bond donors (Lipinski definition) is 1. The summed E-state index contributed by atoms with van der Waals surface area (Å²) in [6.45, 7) is -0.166. The summed E-state index contributed by atoms with van der Waals surface area (Å²) in [4.78, 5) is 11.9. The quantitative estimate of drug-likeness (QED) is 0.709. The zero-order valence-electron chi connectivity index (χ0n) is 13.9. The number of nitrogens with zero attached hydrogens (tertiary/aromatic N) is 3. The van der Waals surface area contributed by atoms with E-state index >= 15 is 0 Å². The minimum atomic E-state index is -0.315. The van der Waals surface area contributed by atoms with E-state index in [0.717, 1.165) is 22.2 Å². The minimum absolute atomic E-state index is 0.166. The third kappa shape index (κ3) is 3.50. The van der Waals surface area contributed by atoms with Gasteiger partial charge in [-0.2, -0.15) is 0 Å². The zero-order valence-corrected chi connectivity index (χ0v) is 14.7. The van der Waals surface area contributed by atoms with Gasteiger partial charge in [0.15, 0.2) is 0 Å². The monoisotopic (exact) mass is 359 g/mol. The van der Waals surface area contributed by atoms with E-state index in [9.17, 15) is 9.90 Å². The lowest BCUT2D eigenvalue weighted by molar-refractivity contribution is -0.140. The Labute approximate surface area is 150 Å². The third-order valence-corrected chi connectivity index (χ3v) is 4.65. The number of aliphatic hydroxyl groups is 1. The molecule has 1 N–H and O–H groups in total. The lowest BCUT2D eigenvalue weighted by atomic mass is 9.87. The van der Waals surface area contributed by atoms with Gasteiger partial charge in [0.25, 0.3) is 0 Å². The highest BCUT2D eigenvalue weighted by atomic mass is 35.5. The Morgan fingerprint density at radius 1 is 1.28 bits per heavy atom. The smallest absolute Gasteiger partial charge is 0.306 e. The van der Waals surface area contributed by atoms with E-state index in [-0.39, 0.29) is 24.9 Å². The van der Waals surface area contributed by atoms with Gasteiger partial charge in [-0.15, -0.1) is 5.10 Å². The number of fused-ring (bicyclic) bond motifs is 1. The van der Waals surface area contributed by atoms with Crippen LogP contribution in [0.15, 0.2) is 36.4 Å². The normalized spacial score (nSPS) is 12.3. The number of rotatable bonds is 5. The van der Waals surface area contributed by atoms with Gasteiger partial charge in [-0.05, 0) is 34.9 Å². The van der Waals surface area contributed by atoms with Crippen LogP contribution in [0.3, 0.4) is 0 Å². The average Bonchev–Trinajstić information content (AvgIpc) is 3.00. The second-order valence-electron chi connectivity index (χ2n) is 5.80. The van der Waals surface area contributed by atoms with Crippen molar-refractivity contribution in [2.24, 2.45) is 7.05 Å². The number of carbonyl (C=O) groups excluding carboxylic acids is 1. The SMILES string of the molecule is COC(=O)CC(c1ccc(Cl)c(CO)c1)c1ccc2c(c1)nnn2C. The van der Waals surface area contributed by atoms with Crippen molar-refractivity contribution in [1.82, 2.24) is 15.0 Å². The number of carbonyl (C=O) groups is 1. The minimum Gasteiger partial charge on any atom is -0.469 e. The van der Waals surface area contributed by atoms with E-state index in [0.29, 0.717) is 10.6 Å². The molecule has 1 aromatic heterocycles. The van der Waals surface area contributed by atoms with Crippen molar-refractivity contribution in [3.8, 4) is 0 Å². The van der Waals surface area contributed by atoms with Crippen molar-refractivity contribution in [2.75, 3.05) is 7.11 Å². The van der Waals surface area contributed by atoms with Crippen molar-refractivity contribution in [3.05, 3.63) is 58.1 Å². The first-order chi connectivity index (χ1) is 12.0. The molecule has 0 saturated carbocycles. The summed E-state index contributed by atoms with van der Waals surface area (Å²) in [6.07, 6.45) is 0.175. The molecule has 1 heterocycles. The molecule has 3 aromatic rings. The van der Waals surface area contributed by atoms with Gasteiger partial charge in [0.2, 0.25) is 0 Å². The van der Waals surface area contributed by atoms with Crippen LogP contribution in [0.4, 0.5) is 0 Å². The Bertz CT molecular complexity index is 923. The molecule has 0 fully saturated rings. The first-order valence-electron chi connectivity index (χ1n) is 7.78.